The molecular weight excluding hydrogens is 291 g/mol. The fourth-order valence-electron chi connectivity index (χ4n) is 1.10. The summed E-state index contributed by atoms with van der Waals surface area (Å²) in [6.45, 7) is 4.09. The maximum atomic E-state index is 11.9. The van der Waals surface area contributed by atoms with Crippen molar-refractivity contribution in [2.45, 2.75) is 19.4 Å². The third-order valence-corrected chi connectivity index (χ3v) is 2.94. The van der Waals surface area contributed by atoms with Gasteiger partial charge in [0.2, 0.25) is 0 Å². The Kier molecular flexibility index (Phi) is 4.35. The van der Waals surface area contributed by atoms with Crippen LogP contribution in [0, 0.1) is 0 Å². The summed E-state index contributed by atoms with van der Waals surface area (Å²) in [6, 6.07) is 5.14. The van der Waals surface area contributed by atoms with Crippen LogP contribution in [0.4, 0.5) is 0 Å². The molecule has 0 bridgehead atoms. The molecule has 0 fully saturated rings. The first-order valence-electron chi connectivity index (χ1n) is 4.83. The minimum atomic E-state index is -0.437. The van der Waals surface area contributed by atoms with Gasteiger partial charge >= 0.3 is 0 Å². The van der Waals surface area contributed by atoms with E-state index in [1.807, 2.05) is 13.8 Å². The van der Waals surface area contributed by atoms with Gasteiger partial charge < -0.3 is 11.1 Å². The Bertz CT molecular complexity index is 407. The van der Waals surface area contributed by atoms with E-state index in [-0.39, 0.29) is 5.91 Å². The van der Waals surface area contributed by atoms with Crippen molar-refractivity contribution in [2.75, 3.05) is 6.54 Å². The van der Waals surface area contributed by atoms with Crippen LogP contribution in [0.1, 0.15) is 24.2 Å². The fraction of sp³-hybridized carbons (Fsp3) is 0.364. The minimum absolute atomic E-state index is 0.215. The van der Waals surface area contributed by atoms with Crippen molar-refractivity contribution < 1.29 is 4.79 Å². The number of halogens is 2. The van der Waals surface area contributed by atoms with Crippen molar-refractivity contribution >= 4 is 33.4 Å². The van der Waals surface area contributed by atoms with E-state index in [0.717, 1.165) is 4.47 Å². The molecule has 0 unspecified atom stereocenters. The summed E-state index contributed by atoms with van der Waals surface area (Å²) in [5, 5.41) is 3.24. The second-order valence-corrected chi connectivity index (χ2v) is 5.49. The van der Waals surface area contributed by atoms with E-state index >= 15 is 0 Å². The zero-order valence-electron chi connectivity index (χ0n) is 9.18. The van der Waals surface area contributed by atoms with Crippen molar-refractivity contribution in [1.29, 1.82) is 0 Å². The predicted molar refractivity (Wildman–Crippen MR) is 69.8 cm³/mol. The number of nitrogens with one attached hydrogen (secondary N) is 1. The number of nitrogens with two attached hydrogens (primary N) is 1. The van der Waals surface area contributed by atoms with Crippen LogP contribution in [-0.2, 0) is 0 Å². The van der Waals surface area contributed by atoms with Crippen LogP contribution in [0.5, 0.6) is 0 Å². The van der Waals surface area contributed by atoms with Crippen molar-refractivity contribution in [3.63, 3.8) is 0 Å². The predicted octanol–water partition coefficient (Wildman–Crippen LogP) is 2.57. The molecule has 0 saturated heterocycles. The standard InChI is InChI=1S/C11H14BrClN2O/c1-11(2,6-14)15-10(16)8-4-3-7(12)5-9(8)13/h3-5H,6,14H2,1-2H3,(H,15,16). The molecule has 0 radical (unpaired) electrons. The van der Waals surface area contributed by atoms with Gasteiger partial charge in [0.1, 0.15) is 0 Å². The van der Waals surface area contributed by atoms with Gasteiger partial charge in [0.05, 0.1) is 10.6 Å². The van der Waals surface area contributed by atoms with E-state index < -0.39 is 5.54 Å². The Hall–Kier alpha value is -0.580. The first-order chi connectivity index (χ1) is 7.35. The summed E-state index contributed by atoms with van der Waals surface area (Å²) in [5.41, 5.74) is 5.55. The molecule has 0 aromatic heterocycles. The Morgan fingerprint density at radius 2 is 2.19 bits per heavy atom. The van der Waals surface area contributed by atoms with E-state index in [1.165, 1.54) is 0 Å². The highest BCUT2D eigenvalue weighted by Crippen LogP contribution is 2.21. The highest BCUT2D eigenvalue weighted by molar-refractivity contribution is 9.10. The number of carbonyl (C=O) groups excluding carboxylic acids is 1. The van der Waals surface area contributed by atoms with Crippen molar-refractivity contribution in [3.8, 4) is 0 Å². The van der Waals surface area contributed by atoms with Gasteiger partial charge in [0.15, 0.2) is 0 Å². The molecule has 1 amide bonds. The smallest absolute Gasteiger partial charge is 0.253 e. The number of hydrogen-bond donors (Lipinski definition) is 2. The van der Waals surface area contributed by atoms with Crippen LogP contribution in [0.15, 0.2) is 22.7 Å². The highest BCUT2D eigenvalue weighted by Gasteiger charge is 2.20. The molecular formula is C11H14BrClN2O. The number of hydrogen-bond acceptors (Lipinski definition) is 2. The van der Waals surface area contributed by atoms with Gasteiger partial charge in [-0.05, 0) is 32.0 Å². The third-order valence-electron chi connectivity index (χ3n) is 2.14. The molecule has 1 rings (SSSR count). The number of rotatable bonds is 3. The molecule has 88 valence electrons. The highest BCUT2D eigenvalue weighted by atomic mass is 79.9. The van der Waals surface area contributed by atoms with Crippen molar-refractivity contribution in [1.82, 2.24) is 5.32 Å². The van der Waals surface area contributed by atoms with Crippen molar-refractivity contribution in [2.24, 2.45) is 5.73 Å². The lowest BCUT2D eigenvalue weighted by atomic mass is 10.1. The molecule has 0 aliphatic carbocycles. The molecule has 3 nitrogen and oxygen atoms in total. The van der Waals surface area contributed by atoms with Crippen LogP contribution < -0.4 is 11.1 Å². The Labute approximate surface area is 108 Å². The molecule has 1 aromatic carbocycles. The zero-order chi connectivity index (χ0) is 12.3. The van der Waals surface area contributed by atoms with Gasteiger partial charge in [-0.3, -0.25) is 4.79 Å². The fourth-order valence-corrected chi connectivity index (χ4v) is 1.86. The van der Waals surface area contributed by atoms with Gasteiger partial charge in [0.25, 0.3) is 5.91 Å². The average Bonchev–Trinajstić information content (AvgIpc) is 2.16. The summed E-state index contributed by atoms with van der Waals surface area (Å²) in [6.07, 6.45) is 0. The molecule has 3 N–H and O–H groups in total. The van der Waals surface area contributed by atoms with Crippen LogP contribution >= 0.6 is 27.5 Å². The molecule has 0 spiro atoms. The lowest BCUT2D eigenvalue weighted by molar-refractivity contribution is 0.0916. The van der Waals surface area contributed by atoms with Crippen molar-refractivity contribution in [3.05, 3.63) is 33.3 Å². The summed E-state index contributed by atoms with van der Waals surface area (Å²) in [7, 11) is 0. The van der Waals surface area contributed by atoms with Crippen LogP contribution in [-0.4, -0.2) is 18.0 Å². The van der Waals surface area contributed by atoms with E-state index in [1.54, 1.807) is 18.2 Å². The van der Waals surface area contributed by atoms with Crippen LogP contribution in [0.25, 0.3) is 0 Å². The molecule has 1 aromatic rings. The van der Waals surface area contributed by atoms with Crippen LogP contribution in [0.2, 0.25) is 5.02 Å². The summed E-state index contributed by atoms with van der Waals surface area (Å²) in [5.74, 6) is -0.215. The normalized spacial score (nSPS) is 11.3. The summed E-state index contributed by atoms with van der Waals surface area (Å²) >= 11 is 9.26. The van der Waals surface area contributed by atoms with Gasteiger partial charge in [0, 0.05) is 16.6 Å². The maximum Gasteiger partial charge on any atom is 0.253 e. The van der Waals surface area contributed by atoms with Gasteiger partial charge in [-0.1, -0.05) is 27.5 Å². The maximum absolute atomic E-state index is 11.9. The number of carbonyl (C=O) groups is 1. The van der Waals surface area contributed by atoms with Gasteiger partial charge in [-0.2, -0.15) is 0 Å². The summed E-state index contributed by atoms with van der Waals surface area (Å²) in [4.78, 5) is 11.9. The molecule has 0 heterocycles. The Morgan fingerprint density at radius 1 is 1.56 bits per heavy atom. The van der Waals surface area contributed by atoms with Crippen LogP contribution in [0.3, 0.4) is 0 Å². The summed E-state index contributed by atoms with van der Waals surface area (Å²) < 4.78 is 0.840. The zero-order valence-corrected chi connectivity index (χ0v) is 11.5. The monoisotopic (exact) mass is 304 g/mol. The first kappa shape index (κ1) is 13.5. The second-order valence-electron chi connectivity index (χ2n) is 4.17. The second kappa shape index (κ2) is 5.17. The molecule has 0 aliphatic heterocycles. The first-order valence-corrected chi connectivity index (χ1v) is 6.00. The van der Waals surface area contributed by atoms with E-state index in [2.05, 4.69) is 21.2 Å². The topological polar surface area (TPSA) is 55.1 Å². The van der Waals surface area contributed by atoms with E-state index in [0.29, 0.717) is 17.1 Å². The van der Waals surface area contributed by atoms with Gasteiger partial charge in [-0.15, -0.1) is 0 Å². The lowest BCUT2D eigenvalue weighted by Gasteiger charge is -2.24. The van der Waals surface area contributed by atoms with E-state index in [4.69, 9.17) is 17.3 Å². The average molecular weight is 306 g/mol. The quantitative estimate of drug-likeness (QED) is 0.902. The molecule has 0 saturated carbocycles. The van der Waals surface area contributed by atoms with Gasteiger partial charge in [-0.25, -0.2) is 0 Å². The minimum Gasteiger partial charge on any atom is -0.346 e. The molecule has 5 heteroatoms. The SMILES string of the molecule is CC(C)(CN)NC(=O)c1ccc(Br)cc1Cl. The third kappa shape index (κ3) is 3.47. The number of benzene rings is 1. The number of amides is 1. The largest absolute Gasteiger partial charge is 0.346 e. The molecule has 0 atom stereocenters. The Balaban J connectivity index is 2.89. The molecule has 16 heavy (non-hydrogen) atoms. The van der Waals surface area contributed by atoms with E-state index in [9.17, 15) is 4.79 Å². The molecule has 0 aliphatic rings. The lowest BCUT2D eigenvalue weighted by Crippen LogP contribution is -2.48. The Morgan fingerprint density at radius 3 is 2.69 bits per heavy atom.